The zero-order valence-corrected chi connectivity index (χ0v) is 9.33. The quantitative estimate of drug-likeness (QED) is 0.816. The van der Waals surface area contributed by atoms with E-state index in [1.54, 1.807) is 17.1 Å². The van der Waals surface area contributed by atoms with Gasteiger partial charge < -0.3 is 5.32 Å². The van der Waals surface area contributed by atoms with Gasteiger partial charge in [-0.2, -0.15) is 5.26 Å². The number of nitrogens with zero attached hydrogens (tertiary/aromatic N) is 6. The SMILES string of the molecule is CCNc1cnc(Cn2cnc(C#N)n2)cn1. The van der Waals surface area contributed by atoms with Crippen molar-refractivity contribution in [2.24, 2.45) is 0 Å². The summed E-state index contributed by atoms with van der Waals surface area (Å²) in [7, 11) is 0. The van der Waals surface area contributed by atoms with Gasteiger partial charge in [0.2, 0.25) is 0 Å². The average Bonchev–Trinajstić information content (AvgIpc) is 2.80. The summed E-state index contributed by atoms with van der Waals surface area (Å²) in [5.41, 5.74) is 0.765. The number of aromatic nitrogens is 5. The van der Waals surface area contributed by atoms with Gasteiger partial charge in [-0.05, 0) is 6.92 Å². The van der Waals surface area contributed by atoms with Gasteiger partial charge in [0.15, 0.2) is 0 Å². The molecule has 0 aromatic carbocycles. The van der Waals surface area contributed by atoms with Gasteiger partial charge in [-0.15, -0.1) is 5.10 Å². The highest BCUT2D eigenvalue weighted by Gasteiger charge is 2.02. The highest BCUT2D eigenvalue weighted by molar-refractivity contribution is 5.30. The van der Waals surface area contributed by atoms with Crippen molar-refractivity contribution in [1.82, 2.24) is 24.7 Å². The Morgan fingerprint density at radius 2 is 2.24 bits per heavy atom. The molecule has 86 valence electrons. The Kier molecular flexibility index (Phi) is 3.25. The first kappa shape index (κ1) is 11.0. The molecule has 7 nitrogen and oxygen atoms in total. The van der Waals surface area contributed by atoms with Crippen molar-refractivity contribution in [3.63, 3.8) is 0 Å². The minimum atomic E-state index is 0.155. The van der Waals surface area contributed by atoms with Crippen LogP contribution in [-0.4, -0.2) is 31.3 Å². The summed E-state index contributed by atoms with van der Waals surface area (Å²) in [5.74, 6) is 0.898. The molecule has 0 atom stereocenters. The fraction of sp³-hybridized carbons (Fsp3) is 0.300. The van der Waals surface area contributed by atoms with E-state index in [-0.39, 0.29) is 5.82 Å². The van der Waals surface area contributed by atoms with Crippen LogP contribution in [0.1, 0.15) is 18.4 Å². The normalized spacial score (nSPS) is 9.88. The van der Waals surface area contributed by atoms with Crippen LogP contribution in [0.25, 0.3) is 0 Å². The molecule has 0 fully saturated rings. The van der Waals surface area contributed by atoms with Crippen LogP contribution in [0.2, 0.25) is 0 Å². The predicted octanol–water partition coefficient (Wildman–Crippen LogP) is 0.420. The third-order valence-corrected chi connectivity index (χ3v) is 2.02. The molecule has 2 aromatic heterocycles. The van der Waals surface area contributed by atoms with Crippen molar-refractivity contribution in [2.45, 2.75) is 13.5 Å². The van der Waals surface area contributed by atoms with E-state index in [4.69, 9.17) is 5.26 Å². The summed E-state index contributed by atoms with van der Waals surface area (Å²) in [4.78, 5) is 12.2. The number of anilines is 1. The van der Waals surface area contributed by atoms with E-state index in [0.717, 1.165) is 18.1 Å². The molecule has 0 radical (unpaired) electrons. The molecular formula is C10H11N7. The van der Waals surface area contributed by atoms with Crippen molar-refractivity contribution >= 4 is 5.82 Å². The fourth-order valence-electron chi connectivity index (χ4n) is 1.30. The largest absolute Gasteiger partial charge is 0.369 e. The molecule has 0 aliphatic carbocycles. The minimum Gasteiger partial charge on any atom is -0.369 e. The molecule has 17 heavy (non-hydrogen) atoms. The Bertz CT molecular complexity index is 522. The van der Waals surface area contributed by atoms with Crippen LogP contribution < -0.4 is 5.32 Å². The van der Waals surface area contributed by atoms with Crippen LogP contribution in [0.5, 0.6) is 0 Å². The third kappa shape index (κ3) is 2.75. The molecule has 0 bridgehead atoms. The van der Waals surface area contributed by atoms with Gasteiger partial charge in [-0.1, -0.05) is 0 Å². The zero-order valence-electron chi connectivity index (χ0n) is 9.33. The lowest BCUT2D eigenvalue weighted by Gasteiger charge is -2.03. The summed E-state index contributed by atoms with van der Waals surface area (Å²) >= 11 is 0. The van der Waals surface area contributed by atoms with Gasteiger partial charge >= 0.3 is 0 Å². The zero-order chi connectivity index (χ0) is 12.1. The number of hydrogen-bond donors (Lipinski definition) is 1. The van der Waals surface area contributed by atoms with Crippen LogP contribution >= 0.6 is 0 Å². The van der Waals surface area contributed by atoms with Crippen molar-refractivity contribution in [3.05, 3.63) is 30.2 Å². The smallest absolute Gasteiger partial charge is 0.252 e. The van der Waals surface area contributed by atoms with Gasteiger partial charge in [0.1, 0.15) is 18.2 Å². The van der Waals surface area contributed by atoms with Crippen LogP contribution in [0.4, 0.5) is 5.82 Å². The van der Waals surface area contributed by atoms with E-state index in [0.29, 0.717) is 6.54 Å². The first-order valence-electron chi connectivity index (χ1n) is 5.16. The lowest BCUT2D eigenvalue weighted by atomic mass is 10.4. The topological polar surface area (TPSA) is 92.3 Å². The summed E-state index contributed by atoms with van der Waals surface area (Å²) in [6, 6.07) is 1.87. The lowest BCUT2D eigenvalue weighted by Crippen LogP contribution is -2.05. The van der Waals surface area contributed by atoms with Crippen LogP contribution in [-0.2, 0) is 6.54 Å². The Morgan fingerprint density at radius 3 is 2.82 bits per heavy atom. The molecule has 0 aliphatic heterocycles. The minimum absolute atomic E-state index is 0.155. The molecule has 0 unspecified atom stereocenters. The first-order valence-corrected chi connectivity index (χ1v) is 5.16. The first-order chi connectivity index (χ1) is 8.31. The molecule has 2 aromatic rings. The Balaban J connectivity index is 2.06. The number of nitriles is 1. The van der Waals surface area contributed by atoms with E-state index in [9.17, 15) is 0 Å². The average molecular weight is 229 g/mol. The molecule has 0 saturated carbocycles. The highest BCUT2D eigenvalue weighted by Crippen LogP contribution is 2.02. The Hall–Kier alpha value is -2.49. The van der Waals surface area contributed by atoms with E-state index in [1.807, 2.05) is 13.0 Å². The summed E-state index contributed by atoms with van der Waals surface area (Å²) < 4.78 is 1.55. The molecule has 2 heterocycles. The van der Waals surface area contributed by atoms with Crippen LogP contribution in [0.3, 0.4) is 0 Å². The van der Waals surface area contributed by atoms with Gasteiger partial charge in [0, 0.05) is 6.54 Å². The van der Waals surface area contributed by atoms with Gasteiger partial charge in [0.05, 0.1) is 24.6 Å². The third-order valence-electron chi connectivity index (χ3n) is 2.02. The lowest BCUT2D eigenvalue weighted by molar-refractivity contribution is 0.666. The summed E-state index contributed by atoms with van der Waals surface area (Å²) in [5, 5.41) is 15.6. The van der Waals surface area contributed by atoms with Crippen LogP contribution in [0.15, 0.2) is 18.7 Å². The molecule has 1 N–H and O–H groups in total. The Labute approximate surface area is 98.2 Å². The molecule has 0 spiro atoms. The van der Waals surface area contributed by atoms with E-state index >= 15 is 0 Å². The number of nitrogens with one attached hydrogen (secondary N) is 1. The maximum Gasteiger partial charge on any atom is 0.252 e. The van der Waals surface area contributed by atoms with E-state index in [2.05, 4.69) is 25.4 Å². The molecular weight excluding hydrogens is 218 g/mol. The predicted molar refractivity (Wildman–Crippen MR) is 60.0 cm³/mol. The Morgan fingerprint density at radius 1 is 1.35 bits per heavy atom. The molecule has 0 aliphatic rings. The van der Waals surface area contributed by atoms with Crippen molar-refractivity contribution in [1.29, 1.82) is 5.26 Å². The molecule has 0 amide bonds. The standard InChI is InChI=1S/C10H11N7/c1-2-12-10-5-13-8(4-14-10)6-17-7-15-9(3-11)16-17/h4-5,7H,2,6H2,1H3,(H,12,14). The van der Waals surface area contributed by atoms with Gasteiger partial charge in [0.25, 0.3) is 5.82 Å². The molecule has 2 rings (SSSR count). The van der Waals surface area contributed by atoms with Crippen molar-refractivity contribution in [2.75, 3.05) is 11.9 Å². The van der Waals surface area contributed by atoms with E-state index in [1.165, 1.54) is 6.33 Å². The second-order valence-corrected chi connectivity index (χ2v) is 3.30. The van der Waals surface area contributed by atoms with Crippen molar-refractivity contribution in [3.8, 4) is 6.07 Å². The molecule has 7 heteroatoms. The van der Waals surface area contributed by atoms with Crippen molar-refractivity contribution < 1.29 is 0 Å². The van der Waals surface area contributed by atoms with Gasteiger partial charge in [-0.3, -0.25) is 4.98 Å². The maximum atomic E-state index is 8.59. The number of hydrogen-bond acceptors (Lipinski definition) is 6. The maximum absolute atomic E-state index is 8.59. The number of rotatable bonds is 4. The monoisotopic (exact) mass is 229 g/mol. The highest BCUT2D eigenvalue weighted by atomic mass is 15.3. The summed E-state index contributed by atoms with van der Waals surface area (Å²) in [6.45, 7) is 3.26. The summed E-state index contributed by atoms with van der Waals surface area (Å²) in [6.07, 6.45) is 4.84. The van der Waals surface area contributed by atoms with E-state index < -0.39 is 0 Å². The van der Waals surface area contributed by atoms with Gasteiger partial charge in [-0.25, -0.2) is 14.6 Å². The fourth-order valence-corrected chi connectivity index (χ4v) is 1.30. The second kappa shape index (κ2) is 5.03. The second-order valence-electron chi connectivity index (χ2n) is 3.30. The molecule has 0 saturated heterocycles. The van der Waals surface area contributed by atoms with Crippen LogP contribution in [0, 0.1) is 11.3 Å².